The molecule has 9 nitrogen and oxygen atoms in total. The van der Waals surface area contributed by atoms with Crippen molar-refractivity contribution in [2.24, 2.45) is 4.99 Å². The van der Waals surface area contributed by atoms with Crippen LogP contribution in [0.4, 0.5) is 5.82 Å². The van der Waals surface area contributed by atoms with E-state index < -0.39 is 5.72 Å². The lowest BCUT2D eigenvalue weighted by atomic mass is 10.2. The molecule has 9 heteroatoms. The van der Waals surface area contributed by atoms with Crippen LogP contribution in [0.3, 0.4) is 0 Å². The van der Waals surface area contributed by atoms with E-state index in [1.54, 1.807) is 6.20 Å². The molecule has 0 radical (unpaired) electrons. The van der Waals surface area contributed by atoms with Crippen LogP contribution in [-0.2, 0) is 15.2 Å². The number of oxazole rings is 1. The summed E-state index contributed by atoms with van der Waals surface area (Å²) in [6.45, 7) is 2.11. The Morgan fingerprint density at radius 1 is 1.30 bits per heavy atom. The Kier molecular flexibility index (Phi) is 2.46. The van der Waals surface area contributed by atoms with Gasteiger partial charge in [0.25, 0.3) is 11.6 Å². The molecule has 4 rings (SSSR count). The van der Waals surface area contributed by atoms with Crippen LogP contribution < -0.4 is 4.90 Å². The molecular weight excluding hydrogens is 266 g/mol. The van der Waals surface area contributed by atoms with Crippen molar-refractivity contribution in [2.75, 3.05) is 31.2 Å². The van der Waals surface area contributed by atoms with E-state index >= 15 is 0 Å². The fourth-order valence-electron chi connectivity index (χ4n) is 2.45. The van der Waals surface area contributed by atoms with E-state index in [0.717, 1.165) is 0 Å². The highest BCUT2D eigenvalue weighted by atomic mass is 16.6. The molecule has 20 heavy (non-hydrogen) atoms. The third-order valence-electron chi connectivity index (χ3n) is 3.23. The highest BCUT2D eigenvalue weighted by Gasteiger charge is 2.56. The molecule has 1 fully saturated rings. The predicted molar refractivity (Wildman–Crippen MR) is 64.0 cm³/mol. The fraction of sp³-hybridized carbons (Fsp3) is 0.455. The molecule has 1 saturated heterocycles. The van der Waals surface area contributed by atoms with Crippen LogP contribution in [0.2, 0.25) is 0 Å². The van der Waals surface area contributed by atoms with E-state index in [2.05, 4.69) is 20.3 Å². The van der Waals surface area contributed by atoms with Gasteiger partial charge in [0.15, 0.2) is 12.1 Å². The molecule has 0 aromatic carbocycles. The zero-order chi connectivity index (χ0) is 13.4. The van der Waals surface area contributed by atoms with Gasteiger partial charge in [0.2, 0.25) is 5.90 Å². The number of hydrogen-bond donors (Lipinski definition) is 0. The molecular formula is C11H11N5O4. The van der Waals surface area contributed by atoms with Crippen LogP contribution >= 0.6 is 0 Å². The Morgan fingerprint density at radius 3 is 3.00 bits per heavy atom. The lowest BCUT2D eigenvalue weighted by molar-refractivity contribution is 0.0211. The number of aromatic nitrogens is 3. The molecule has 1 unspecified atom stereocenters. The number of hydrogen-bond acceptors (Lipinski definition) is 9. The molecule has 2 aromatic rings. The maximum Gasteiger partial charge on any atom is 0.298 e. The van der Waals surface area contributed by atoms with E-state index in [1.165, 1.54) is 12.5 Å². The van der Waals surface area contributed by atoms with Gasteiger partial charge in [-0.3, -0.25) is 0 Å². The maximum absolute atomic E-state index is 5.91. The molecule has 0 spiro atoms. The van der Waals surface area contributed by atoms with Gasteiger partial charge in [0.05, 0.1) is 19.3 Å². The Morgan fingerprint density at radius 2 is 2.30 bits per heavy atom. The van der Waals surface area contributed by atoms with Crippen molar-refractivity contribution in [3.05, 3.63) is 24.6 Å². The molecule has 0 N–H and O–H groups in total. The normalized spacial score (nSPS) is 25.8. The van der Waals surface area contributed by atoms with Crippen molar-refractivity contribution in [3.8, 4) is 0 Å². The molecule has 0 saturated carbocycles. The summed E-state index contributed by atoms with van der Waals surface area (Å²) < 4.78 is 21.8. The summed E-state index contributed by atoms with van der Waals surface area (Å²) >= 11 is 0. The molecule has 0 aliphatic carbocycles. The summed E-state index contributed by atoms with van der Waals surface area (Å²) in [7, 11) is 0. The molecule has 104 valence electrons. The van der Waals surface area contributed by atoms with E-state index in [4.69, 9.17) is 18.4 Å². The van der Waals surface area contributed by atoms with Crippen molar-refractivity contribution in [1.29, 1.82) is 0 Å². The molecule has 2 aliphatic heterocycles. The fourth-order valence-corrected chi connectivity index (χ4v) is 2.45. The molecule has 2 aliphatic rings. The Labute approximate surface area is 113 Å². The largest absolute Gasteiger partial charge is 0.475 e. The van der Waals surface area contributed by atoms with Crippen LogP contribution in [0.1, 0.15) is 5.89 Å². The van der Waals surface area contributed by atoms with E-state index in [-0.39, 0.29) is 0 Å². The minimum atomic E-state index is -1.14. The third kappa shape index (κ3) is 1.46. The van der Waals surface area contributed by atoms with Crippen molar-refractivity contribution in [2.45, 2.75) is 5.72 Å². The molecule has 2 aromatic heterocycles. The zero-order valence-corrected chi connectivity index (χ0v) is 10.4. The summed E-state index contributed by atoms with van der Waals surface area (Å²) in [5, 5.41) is 7.41. The van der Waals surface area contributed by atoms with Crippen molar-refractivity contribution < 1.29 is 18.4 Å². The van der Waals surface area contributed by atoms with Gasteiger partial charge >= 0.3 is 0 Å². The van der Waals surface area contributed by atoms with Crippen LogP contribution in [0.25, 0.3) is 0 Å². The van der Waals surface area contributed by atoms with Gasteiger partial charge in [0.1, 0.15) is 12.9 Å². The van der Waals surface area contributed by atoms with Gasteiger partial charge < -0.3 is 23.3 Å². The molecule has 4 heterocycles. The number of anilines is 1. The van der Waals surface area contributed by atoms with Crippen LogP contribution in [0.5, 0.6) is 0 Å². The number of aliphatic imine (C=N–C) groups is 1. The van der Waals surface area contributed by atoms with Crippen LogP contribution in [0.15, 0.2) is 32.7 Å². The summed E-state index contributed by atoms with van der Waals surface area (Å²) in [6, 6.07) is 0. The summed E-state index contributed by atoms with van der Waals surface area (Å²) in [5.74, 6) is 1.28. The Hall–Kier alpha value is -2.42. The lowest BCUT2D eigenvalue weighted by Crippen LogP contribution is -2.50. The van der Waals surface area contributed by atoms with Gasteiger partial charge in [-0.1, -0.05) is 5.10 Å². The first-order valence-corrected chi connectivity index (χ1v) is 6.17. The zero-order valence-electron chi connectivity index (χ0n) is 10.4. The lowest BCUT2D eigenvalue weighted by Gasteiger charge is -2.32. The average molecular weight is 277 g/mol. The maximum atomic E-state index is 5.91. The number of ether oxygens (including phenoxy) is 2. The Balaban J connectivity index is 1.86. The first kappa shape index (κ1) is 11.4. The molecule has 0 bridgehead atoms. The first-order valence-electron chi connectivity index (χ1n) is 6.17. The van der Waals surface area contributed by atoms with Crippen LogP contribution in [0, 0.1) is 0 Å². The predicted octanol–water partition coefficient (Wildman–Crippen LogP) is 0.176. The topological polar surface area (TPSA) is 99.0 Å². The second kappa shape index (κ2) is 4.30. The highest BCUT2D eigenvalue weighted by molar-refractivity contribution is 5.89. The van der Waals surface area contributed by atoms with E-state index in [9.17, 15) is 0 Å². The second-order valence-corrected chi connectivity index (χ2v) is 4.28. The summed E-state index contributed by atoms with van der Waals surface area (Å²) in [4.78, 5) is 10.4. The minimum absolute atomic E-state index is 0.346. The van der Waals surface area contributed by atoms with Gasteiger partial charge in [-0.2, -0.15) is 0 Å². The quantitative estimate of drug-likeness (QED) is 0.783. The van der Waals surface area contributed by atoms with Gasteiger partial charge in [-0.15, -0.1) is 0 Å². The summed E-state index contributed by atoms with van der Waals surface area (Å²) in [5.41, 5.74) is -1.14. The molecule has 1 atom stereocenters. The van der Waals surface area contributed by atoms with E-state index in [1.807, 2.05) is 4.90 Å². The summed E-state index contributed by atoms with van der Waals surface area (Å²) in [6.07, 6.45) is 4.46. The highest BCUT2D eigenvalue weighted by Crippen LogP contribution is 2.39. The minimum Gasteiger partial charge on any atom is -0.475 e. The Bertz CT molecular complexity index is 611. The molecule has 0 amide bonds. The number of nitrogens with zero attached hydrogens (tertiary/aromatic N) is 5. The van der Waals surface area contributed by atoms with Crippen molar-refractivity contribution >= 4 is 11.7 Å². The van der Waals surface area contributed by atoms with Gasteiger partial charge in [-0.05, 0) is 0 Å². The smallest absolute Gasteiger partial charge is 0.298 e. The second-order valence-electron chi connectivity index (χ2n) is 4.28. The van der Waals surface area contributed by atoms with Crippen molar-refractivity contribution in [1.82, 2.24) is 15.4 Å². The van der Waals surface area contributed by atoms with E-state index in [0.29, 0.717) is 43.9 Å². The SMILES string of the molecule is c1coc(C2(C3=NCCO3)OCCN2c2conn2)n1. The van der Waals surface area contributed by atoms with Crippen molar-refractivity contribution in [3.63, 3.8) is 0 Å². The average Bonchev–Trinajstić information content (AvgIpc) is 3.23. The third-order valence-corrected chi connectivity index (χ3v) is 3.23. The standard InChI is InChI=1S/C11H11N5O4/c1-4-17-9(12-1)11(10-13-2-5-18-10)16(3-6-19-11)8-7-20-15-14-8/h1,4,7H,2-3,5-6H2. The van der Waals surface area contributed by atoms with Gasteiger partial charge in [0, 0.05) is 11.8 Å². The van der Waals surface area contributed by atoms with Crippen LogP contribution in [-0.4, -0.2) is 47.6 Å². The monoisotopic (exact) mass is 277 g/mol. The first-order chi connectivity index (χ1) is 9.91. The number of rotatable bonds is 3. The van der Waals surface area contributed by atoms with Gasteiger partial charge in [-0.25, -0.2) is 9.98 Å².